The van der Waals surface area contributed by atoms with E-state index in [0.29, 0.717) is 16.3 Å². The van der Waals surface area contributed by atoms with Crippen molar-refractivity contribution in [3.63, 3.8) is 0 Å². The van der Waals surface area contributed by atoms with Crippen molar-refractivity contribution in [1.82, 2.24) is 14.9 Å². The van der Waals surface area contributed by atoms with Crippen molar-refractivity contribution >= 4 is 23.4 Å². The summed E-state index contributed by atoms with van der Waals surface area (Å²) in [6.45, 7) is 4.33. The number of nitrogens with one attached hydrogen (secondary N) is 1. The first-order valence-electron chi connectivity index (χ1n) is 5.80. The molecule has 94 valence electrons. The van der Waals surface area contributed by atoms with Gasteiger partial charge in [0.1, 0.15) is 0 Å². The van der Waals surface area contributed by atoms with Crippen LogP contribution in [-0.2, 0) is 0 Å². The third-order valence-corrected chi connectivity index (χ3v) is 4.66. The summed E-state index contributed by atoms with van der Waals surface area (Å²) in [5.41, 5.74) is 4.29. The van der Waals surface area contributed by atoms with E-state index in [1.165, 1.54) is 0 Å². The molecule has 1 aromatic heterocycles. The van der Waals surface area contributed by atoms with Gasteiger partial charge in [0.05, 0.1) is 11.1 Å². The lowest BCUT2D eigenvalue weighted by Gasteiger charge is -2.28. The number of fused-ring (bicyclic) bond motifs is 1. The number of hydrogen-bond acceptors (Lipinski definition) is 4. The van der Waals surface area contributed by atoms with Crippen LogP contribution in [0.1, 0.15) is 13.8 Å². The largest absolute Gasteiger partial charge is 0.318 e. The molecule has 1 aromatic carbocycles. The average molecular weight is 281 g/mol. The standard InChI is InChI=1S/C12H13ClN4S/c1-7-8(2)18-12-15-14-11(17(12)16-7)9-5-3-4-6-10(9)13/h3-8,16H,1-2H3. The van der Waals surface area contributed by atoms with Gasteiger partial charge in [0.2, 0.25) is 5.16 Å². The van der Waals surface area contributed by atoms with Gasteiger partial charge < -0.3 is 5.43 Å². The Balaban J connectivity index is 2.09. The van der Waals surface area contributed by atoms with E-state index in [-0.39, 0.29) is 0 Å². The number of nitrogens with zero attached hydrogens (tertiary/aromatic N) is 3. The Morgan fingerprint density at radius 3 is 2.83 bits per heavy atom. The summed E-state index contributed by atoms with van der Waals surface area (Å²) in [7, 11) is 0. The van der Waals surface area contributed by atoms with Crippen LogP contribution in [0, 0.1) is 0 Å². The summed E-state index contributed by atoms with van der Waals surface area (Å²) < 4.78 is 1.93. The van der Waals surface area contributed by atoms with Crippen molar-refractivity contribution in [2.24, 2.45) is 0 Å². The molecule has 2 unspecified atom stereocenters. The van der Waals surface area contributed by atoms with Gasteiger partial charge >= 0.3 is 0 Å². The second-order valence-corrected chi connectivity index (χ2v) is 6.11. The first kappa shape index (κ1) is 11.9. The van der Waals surface area contributed by atoms with Gasteiger partial charge in [0.15, 0.2) is 5.82 Å². The van der Waals surface area contributed by atoms with Crippen LogP contribution in [0.5, 0.6) is 0 Å². The maximum Gasteiger partial charge on any atom is 0.210 e. The summed E-state index contributed by atoms with van der Waals surface area (Å²) in [6.07, 6.45) is 0. The predicted octanol–water partition coefficient (Wildman–Crippen LogP) is 3.02. The van der Waals surface area contributed by atoms with E-state index >= 15 is 0 Å². The van der Waals surface area contributed by atoms with Gasteiger partial charge in [-0.3, -0.25) is 0 Å². The summed E-state index contributed by atoms with van der Waals surface area (Å²) in [6, 6.07) is 8.03. The fourth-order valence-corrected chi connectivity index (χ4v) is 3.01. The second kappa shape index (κ2) is 4.48. The number of benzene rings is 1. The number of rotatable bonds is 1. The Bertz CT molecular complexity index is 583. The van der Waals surface area contributed by atoms with E-state index in [4.69, 9.17) is 11.6 Å². The molecular weight excluding hydrogens is 268 g/mol. The van der Waals surface area contributed by atoms with Crippen molar-refractivity contribution in [3.8, 4) is 11.4 Å². The van der Waals surface area contributed by atoms with Crippen LogP contribution in [0.3, 0.4) is 0 Å². The van der Waals surface area contributed by atoms with Gasteiger partial charge in [-0.25, -0.2) is 4.68 Å². The fourth-order valence-electron chi connectivity index (χ4n) is 1.86. The summed E-state index contributed by atoms with van der Waals surface area (Å²) in [5, 5.41) is 10.5. The zero-order valence-corrected chi connectivity index (χ0v) is 11.7. The molecule has 6 heteroatoms. The molecule has 0 saturated heterocycles. The molecule has 0 aliphatic carbocycles. The quantitative estimate of drug-likeness (QED) is 0.872. The molecule has 1 aliphatic heterocycles. The van der Waals surface area contributed by atoms with Crippen LogP contribution in [0.4, 0.5) is 0 Å². The van der Waals surface area contributed by atoms with Gasteiger partial charge in [-0.1, -0.05) is 42.4 Å². The topological polar surface area (TPSA) is 42.7 Å². The molecule has 0 saturated carbocycles. The highest BCUT2D eigenvalue weighted by Crippen LogP contribution is 2.33. The van der Waals surface area contributed by atoms with Crippen LogP contribution in [0.15, 0.2) is 29.4 Å². The van der Waals surface area contributed by atoms with E-state index in [9.17, 15) is 0 Å². The lowest BCUT2D eigenvalue weighted by atomic mass is 10.2. The minimum atomic E-state index is 0.361. The third kappa shape index (κ3) is 1.87. The highest BCUT2D eigenvalue weighted by Gasteiger charge is 2.26. The van der Waals surface area contributed by atoms with Crippen molar-refractivity contribution in [2.75, 3.05) is 5.43 Å². The summed E-state index contributed by atoms with van der Waals surface area (Å²) in [5.74, 6) is 0.766. The molecule has 0 radical (unpaired) electrons. The number of thioether (sulfide) groups is 1. The van der Waals surface area contributed by atoms with Gasteiger partial charge in [-0.15, -0.1) is 10.2 Å². The maximum absolute atomic E-state index is 6.21. The minimum Gasteiger partial charge on any atom is -0.318 e. The predicted molar refractivity (Wildman–Crippen MR) is 74.6 cm³/mol. The molecule has 0 fully saturated rings. The monoisotopic (exact) mass is 280 g/mol. The molecule has 3 rings (SSSR count). The zero-order chi connectivity index (χ0) is 12.7. The molecule has 2 aromatic rings. The Hall–Kier alpha value is -1.20. The van der Waals surface area contributed by atoms with Gasteiger partial charge in [0.25, 0.3) is 0 Å². The van der Waals surface area contributed by atoms with Crippen LogP contribution in [-0.4, -0.2) is 26.2 Å². The molecule has 0 spiro atoms. The van der Waals surface area contributed by atoms with E-state index in [1.807, 2.05) is 28.9 Å². The van der Waals surface area contributed by atoms with Crippen molar-refractivity contribution in [1.29, 1.82) is 0 Å². The molecular formula is C12H13ClN4S. The number of hydrogen-bond donors (Lipinski definition) is 1. The number of halogens is 1. The minimum absolute atomic E-state index is 0.361. The molecule has 2 heterocycles. The van der Waals surface area contributed by atoms with Crippen molar-refractivity contribution < 1.29 is 0 Å². The lowest BCUT2D eigenvalue weighted by Crippen LogP contribution is -2.37. The van der Waals surface area contributed by atoms with Crippen LogP contribution < -0.4 is 5.43 Å². The van der Waals surface area contributed by atoms with Crippen LogP contribution in [0.2, 0.25) is 5.02 Å². The Morgan fingerprint density at radius 1 is 1.28 bits per heavy atom. The van der Waals surface area contributed by atoms with Gasteiger partial charge in [-0.2, -0.15) is 0 Å². The van der Waals surface area contributed by atoms with Crippen molar-refractivity contribution in [2.45, 2.75) is 30.3 Å². The van der Waals surface area contributed by atoms with E-state index < -0.39 is 0 Å². The smallest absolute Gasteiger partial charge is 0.210 e. The van der Waals surface area contributed by atoms with E-state index in [1.54, 1.807) is 11.8 Å². The average Bonchev–Trinajstić information content (AvgIpc) is 2.73. The maximum atomic E-state index is 6.21. The normalized spacial score (nSPS) is 22.4. The third-order valence-electron chi connectivity index (χ3n) is 3.08. The summed E-state index contributed by atoms with van der Waals surface area (Å²) in [4.78, 5) is 0. The molecule has 2 atom stereocenters. The SMILES string of the molecule is CC1Nn2c(nnc2-c2ccccc2Cl)SC1C. The molecule has 0 bridgehead atoms. The van der Waals surface area contributed by atoms with Crippen LogP contribution in [0.25, 0.3) is 11.4 Å². The first-order chi connectivity index (χ1) is 8.66. The highest BCUT2D eigenvalue weighted by atomic mass is 35.5. The molecule has 4 nitrogen and oxygen atoms in total. The fraction of sp³-hybridized carbons (Fsp3) is 0.333. The van der Waals surface area contributed by atoms with Gasteiger partial charge in [0, 0.05) is 10.8 Å². The molecule has 0 amide bonds. The Kier molecular flexibility index (Phi) is 2.95. The Morgan fingerprint density at radius 2 is 2.06 bits per heavy atom. The first-order valence-corrected chi connectivity index (χ1v) is 7.06. The summed E-state index contributed by atoms with van der Waals surface area (Å²) >= 11 is 7.93. The Labute approximate surface area is 115 Å². The second-order valence-electron chi connectivity index (χ2n) is 4.36. The molecule has 18 heavy (non-hydrogen) atoms. The molecule has 1 N–H and O–H groups in total. The highest BCUT2D eigenvalue weighted by molar-refractivity contribution is 7.99. The molecule has 1 aliphatic rings. The van der Waals surface area contributed by atoms with Crippen molar-refractivity contribution in [3.05, 3.63) is 29.3 Å². The lowest BCUT2D eigenvalue weighted by molar-refractivity contribution is 0.618. The zero-order valence-electron chi connectivity index (χ0n) is 10.1. The van der Waals surface area contributed by atoms with E-state index in [0.717, 1.165) is 16.5 Å². The van der Waals surface area contributed by atoms with Gasteiger partial charge in [-0.05, 0) is 19.1 Å². The van der Waals surface area contributed by atoms with Crippen LogP contribution >= 0.6 is 23.4 Å². The number of aromatic nitrogens is 3. The van der Waals surface area contributed by atoms with E-state index in [2.05, 4.69) is 29.5 Å².